The number of hydrogen-bond donors (Lipinski definition) is 3. The number of benzene rings is 1. The van der Waals surface area contributed by atoms with Crippen molar-refractivity contribution in [3.63, 3.8) is 0 Å². The van der Waals surface area contributed by atoms with E-state index in [1.807, 2.05) is 38.1 Å². The van der Waals surface area contributed by atoms with Crippen molar-refractivity contribution in [1.29, 1.82) is 0 Å². The van der Waals surface area contributed by atoms with Crippen LogP contribution in [0.5, 0.6) is 0 Å². The molecule has 6 heteroatoms. The van der Waals surface area contributed by atoms with Gasteiger partial charge >= 0.3 is 0 Å². The molecule has 1 aromatic carbocycles. The zero-order valence-corrected chi connectivity index (χ0v) is 15.2. The lowest BCUT2D eigenvalue weighted by Gasteiger charge is -2.10. The molecule has 0 heterocycles. The molecule has 1 aliphatic rings. The quantitative estimate of drug-likeness (QED) is 0.639. The highest BCUT2D eigenvalue weighted by Crippen LogP contribution is 2.27. The van der Waals surface area contributed by atoms with E-state index in [1.165, 1.54) is 12.8 Å². The number of anilines is 1. The first-order valence-electron chi connectivity index (χ1n) is 8.39. The van der Waals surface area contributed by atoms with E-state index in [4.69, 9.17) is 0 Å². The molecule has 0 saturated heterocycles. The monoisotopic (exact) mass is 353 g/mol. The van der Waals surface area contributed by atoms with E-state index in [9.17, 15) is 9.59 Å². The lowest BCUT2D eigenvalue weighted by atomic mass is 10.1. The molecule has 0 aromatic heterocycles. The molecular formula is C18H28ClN3O2. The smallest absolute Gasteiger partial charge is 0.234 e. The van der Waals surface area contributed by atoms with Gasteiger partial charge < -0.3 is 16.0 Å². The normalized spacial score (nSPS) is 13.3. The van der Waals surface area contributed by atoms with Crippen molar-refractivity contribution < 1.29 is 9.59 Å². The van der Waals surface area contributed by atoms with E-state index in [0.29, 0.717) is 25.4 Å². The largest absolute Gasteiger partial charge is 0.351 e. The van der Waals surface area contributed by atoms with Gasteiger partial charge in [-0.3, -0.25) is 9.59 Å². The molecule has 134 valence electrons. The SMILES string of the molecule is CC(C)CC(=O)Nc1cccc(CNC(=O)CNCC2CC2)c1.Cl. The van der Waals surface area contributed by atoms with E-state index in [2.05, 4.69) is 16.0 Å². The van der Waals surface area contributed by atoms with Gasteiger partial charge in [0.05, 0.1) is 6.54 Å². The second-order valence-electron chi connectivity index (χ2n) is 6.70. The molecule has 0 aliphatic heterocycles. The molecule has 0 atom stereocenters. The van der Waals surface area contributed by atoms with Gasteiger partial charge in [0.25, 0.3) is 0 Å². The fourth-order valence-electron chi connectivity index (χ4n) is 2.32. The number of hydrogen-bond acceptors (Lipinski definition) is 3. The second kappa shape index (κ2) is 10.3. The van der Waals surface area contributed by atoms with Crippen molar-refractivity contribution in [2.24, 2.45) is 11.8 Å². The molecular weight excluding hydrogens is 326 g/mol. The molecule has 3 N–H and O–H groups in total. The van der Waals surface area contributed by atoms with Gasteiger partial charge in [0, 0.05) is 18.7 Å². The summed E-state index contributed by atoms with van der Waals surface area (Å²) in [6.07, 6.45) is 3.07. The molecule has 2 amide bonds. The summed E-state index contributed by atoms with van der Waals surface area (Å²) in [7, 11) is 0. The van der Waals surface area contributed by atoms with Crippen LogP contribution in [0.1, 0.15) is 38.7 Å². The Morgan fingerprint density at radius 2 is 1.96 bits per heavy atom. The second-order valence-corrected chi connectivity index (χ2v) is 6.70. The van der Waals surface area contributed by atoms with Gasteiger partial charge in [-0.1, -0.05) is 26.0 Å². The predicted octanol–water partition coefficient (Wildman–Crippen LogP) is 2.71. The Morgan fingerprint density at radius 3 is 2.62 bits per heavy atom. The summed E-state index contributed by atoms with van der Waals surface area (Å²) in [4.78, 5) is 23.5. The lowest BCUT2D eigenvalue weighted by molar-refractivity contribution is -0.120. The van der Waals surface area contributed by atoms with E-state index in [1.54, 1.807) is 0 Å². The van der Waals surface area contributed by atoms with Crippen molar-refractivity contribution in [1.82, 2.24) is 10.6 Å². The fraction of sp³-hybridized carbons (Fsp3) is 0.556. The molecule has 1 saturated carbocycles. The highest BCUT2D eigenvalue weighted by Gasteiger charge is 2.20. The lowest BCUT2D eigenvalue weighted by Crippen LogP contribution is -2.34. The molecule has 0 unspecified atom stereocenters. The maximum absolute atomic E-state index is 11.8. The number of amides is 2. The topological polar surface area (TPSA) is 70.2 Å². The summed E-state index contributed by atoms with van der Waals surface area (Å²) < 4.78 is 0. The molecule has 0 radical (unpaired) electrons. The molecule has 0 bridgehead atoms. The average molecular weight is 354 g/mol. The summed E-state index contributed by atoms with van der Waals surface area (Å²) >= 11 is 0. The third-order valence-electron chi connectivity index (χ3n) is 3.71. The van der Waals surface area contributed by atoms with Crippen LogP contribution in [0.2, 0.25) is 0 Å². The van der Waals surface area contributed by atoms with Gasteiger partial charge in [-0.2, -0.15) is 0 Å². The van der Waals surface area contributed by atoms with E-state index < -0.39 is 0 Å². The zero-order valence-electron chi connectivity index (χ0n) is 14.4. The summed E-state index contributed by atoms with van der Waals surface area (Å²) in [5.41, 5.74) is 1.75. The van der Waals surface area contributed by atoms with Crippen LogP contribution < -0.4 is 16.0 Å². The van der Waals surface area contributed by atoms with Gasteiger partial charge in [0.15, 0.2) is 0 Å². The van der Waals surface area contributed by atoms with Gasteiger partial charge in [-0.05, 0) is 48.9 Å². The molecule has 1 aliphatic carbocycles. The Bertz CT molecular complexity index is 545. The maximum Gasteiger partial charge on any atom is 0.234 e. The van der Waals surface area contributed by atoms with E-state index >= 15 is 0 Å². The van der Waals surface area contributed by atoms with Crippen molar-refractivity contribution in [2.75, 3.05) is 18.4 Å². The van der Waals surface area contributed by atoms with Crippen LogP contribution >= 0.6 is 12.4 Å². The predicted molar refractivity (Wildman–Crippen MR) is 99.2 cm³/mol. The molecule has 2 rings (SSSR count). The molecule has 24 heavy (non-hydrogen) atoms. The number of nitrogens with one attached hydrogen (secondary N) is 3. The molecule has 5 nitrogen and oxygen atoms in total. The van der Waals surface area contributed by atoms with Gasteiger partial charge in [-0.15, -0.1) is 12.4 Å². The number of carbonyl (C=O) groups is 2. The van der Waals surface area contributed by atoms with Gasteiger partial charge in [0.1, 0.15) is 0 Å². The maximum atomic E-state index is 11.8. The van der Waals surface area contributed by atoms with E-state index in [-0.39, 0.29) is 24.2 Å². The van der Waals surface area contributed by atoms with Crippen LogP contribution in [0.3, 0.4) is 0 Å². The van der Waals surface area contributed by atoms with Crippen LogP contribution in [-0.4, -0.2) is 24.9 Å². The summed E-state index contributed by atoms with van der Waals surface area (Å²) in [6.45, 7) is 5.80. The average Bonchev–Trinajstić information content (AvgIpc) is 3.29. The zero-order chi connectivity index (χ0) is 16.7. The Balaban J connectivity index is 0.00000288. The molecule has 1 fully saturated rings. The Labute approximate surface area is 150 Å². The fourth-order valence-corrected chi connectivity index (χ4v) is 2.32. The van der Waals surface area contributed by atoms with E-state index in [0.717, 1.165) is 23.7 Å². The number of carbonyl (C=O) groups excluding carboxylic acids is 2. The standard InChI is InChI=1S/C18H27N3O2.ClH/c1-13(2)8-17(22)21-16-5-3-4-15(9-16)11-20-18(23)12-19-10-14-6-7-14;/h3-5,9,13-14,19H,6-8,10-12H2,1-2H3,(H,20,23)(H,21,22);1H. The molecule has 0 spiro atoms. The third kappa shape index (κ3) is 8.31. The first-order chi connectivity index (χ1) is 11.0. The van der Waals surface area contributed by atoms with Crippen LogP contribution in [0.15, 0.2) is 24.3 Å². The summed E-state index contributed by atoms with van der Waals surface area (Å²) in [5.74, 6) is 1.12. The Morgan fingerprint density at radius 1 is 1.21 bits per heavy atom. The van der Waals surface area contributed by atoms with Crippen LogP contribution in [0.4, 0.5) is 5.69 Å². The van der Waals surface area contributed by atoms with Crippen molar-refractivity contribution in [3.8, 4) is 0 Å². The Hall–Kier alpha value is -1.59. The van der Waals surface area contributed by atoms with Crippen LogP contribution in [0.25, 0.3) is 0 Å². The highest BCUT2D eigenvalue weighted by atomic mass is 35.5. The minimum Gasteiger partial charge on any atom is -0.351 e. The van der Waals surface area contributed by atoms with Crippen LogP contribution in [0, 0.1) is 11.8 Å². The first kappa shape index (κ1) is 20.5. The summed E-state index contributed by atoms with van der Waals surface area (Å²) in [5, 5.41) is 8.95. The first-order valence-corrected chi connectivity index (χ1v) is 8.39. The minimum atomic E-state index is -0.0000959. The van der Waals surface area contributed by atoms with Crippen LogP contribution in [-0.2, 0) is 16.1 Å². The third-order valence-corrected chi connectivity index (χ3v) is 3.71. The van der Waals surface area contributed by atoms with Crippen molar-refractivity contribution in [2.45, 2.75) is 39.7 Å². The number of rotatable bonds is 9. The molecule has 1 aromatic rings. The van der Waals surface area contributed by atoms with Gasteiger partial charge in [0.2, 0.25) is 11.8 Å². The Kier molecular flexibility index (Phi) is 8.79. The number of halogens is 1. The highest BCUT2D eigenvalue weighted by molar-refractivity contribution is 5.90. The summed E-state index contributed by atoms with van der Waals surface area (Å²) in [6, 6.07) is 7.59. The van der Waals surface area contributed by atoms with Gasteiger partial charge in [-0.25, -0.2) is 0 Å². The van der Waals surface area contributed by atoms with Crippen molar-refractivity contribution >= 4 is 29.9 Å². The van der Waals surface area contributed by atoms with Crippen molar-refractivity contribution in [3.05, 3.63) is 29.8 Å². The minimum absolute atomic E-state index is 0.